The van der Waals surface area contributed by atoms with Gasteiger partial charge in [0.2, 0.25) is 5.91 Å². The fourth-order valence-corrected chi connectivity index (χ4v) is 3.11. The van der Waals surface area contributed by atoms with E-state index in [-0.39, 0.29) is 5.91 Å². The van der Waals surface area contributed by atoms with Gasteiger partial charge >= 0.3 is 0 Å². The predicted molar refractivity (Wildman–Crippen MR) is 96.1 cm³/mol. The Balaban J connectivity index is 2.27. The number of carbonyl (C=O) groups is 1. The average Bonchev–Trinajstić information content (AvgIpc) is 2.84. The zero-order valence-electron chi connectivity index (χ0n) is 13.6. The quantitative estimate of drug-likeness (QED) is 0.772. The molecule has 0 bridgehead atoms. The average molecular weight is 317 g/mol. The molecule has 22 heavy (non-hydrogen) atoms. The standard InChI is InChI=1S/C17H23N3OS/c1-12(2)9-18-11-19-17-20(16(21)10-22-17)15-8-6-5-7-14(15)13(3)4/h5-9,12-13H,10-11H2,1-4H3/b18-9+,19-17-. The van der Waals surface area contributed by atoms with E-state index >= 15 is 0 Å². The third-order valence-electron chi connectivity index (χ3n) is 3.26. The number of hydrogen-bond acceptors (Lipinski definition) is 4. The summed E-state index contributed by atoms with van der Waals surface area (Å²) in [5.41, 5.74) is 2.11. The fourth-order valence-electron chi connectivity index (χ4n) is 2.25. The lowest BCUT2D eigenvalue weighted by atomic mass is 10.0. The molecule has 0 spiro atoms. The number of rotatable bonds is 5. The summed E-state index contributed by atoms with van der Waals surface area (Å²) in [5.74, 6) is 1.30. The van der Waals surface area contributed by atoms with Crippen molar-refractivity contribution in [2.75, 3.05) is 17.3 Å². The van der Waals surface area contributed by atoms with E-state index in [2.05, 4.69) is 43.7 Å². The first-order chi connectivity index (χ1) is 10.5. The van der Waals surface area contributed by atoms with Crippen LogP contribution < -0.4 is 4.90 Å². The number of anilines is 1. The first-order valence-electron chi connectivity index (χ1n) is 7.59. The molecule has 4 nitrogen and oxygen atoms in total. The predicted octanol–water partition coefficient (Wildman–Crippen LogP) is 3.93. The van der Waals surface area contributed by atoms with E-state index in [9.17, 15) is 4.79 Å². The molecule has 0 N–H and O–H groups in total. The van der Waals surface area contributed by atoms with Gasteiger partial charge in [0.05, 0.1) is 11.4 Å². The maximum Gasteiger partial charge on any atom is 0.243 e. The van der Waals surface area contributed by atoms with Crippen LogP contribution in [0.5, 0.6) is 0 Å². The lowest BCUT2D eigenvalue weighted by molar-refractivity contribution is -0.115. The van der Waals surface area contributed by atoms with E-state index in [1.54, 1.807) is 4.90 Å². The number of thioether (sulfide) groups is 1. The first kappa shape index (κ1) is 16.7. The van der Waals surface area contributed by atoms with E-state index in [1.807, 2.05) is 24.4 Å². The number of amidine groups is 1. The van der Waals surface area contributed by atoms with Crippen LogP contribution in [0.1, 0.15) is 39.2 Å². The Morgan fingerprint density at radius 3 is 2.68 bits per heavy atom. The maximum atomic E-state index is 12.3. The summed E-state index contributed by atoms with van der Waals surface area (Å²) < 4.78 is 0. The number of para-hydroxylation sites is 1. The summed E-state index contributed by atoms with van der Waals surface area (Å²) in [6, 6.07) is 8.04. The Morgan fingerprint density at radius 1 is 1.27 bits per heavy atom. The maximum absolute atomic E-state index is 12.3. The van der Waals surface area contributed by atoms with E-state index in [1.165, 1.54) is 11.8 Å². The molecule has 1 fully saturated rings. The van der Waals surface area contributed by atoms with Crippen molar-refractivity contribution in [3.8, 4) is 0 Å². The van der Waals surface area contributed by atoms with Crippen LogP contribution in [0, 0.1) is 5.92 Å². The first-order valence-corrected chi connectivity index (χ1v) is 8.58. The second-order valence-electron chi connectivity index (χ2n) is 5.89. The molecule has 0 saturated carbocycles. The molecule has 0 aliphatic carbocycles. The van der Waals surface area contributed by atoms with Gasteiger partial charge in [0, 0.05) is 6.21 Å². The van der Waals surface area contributed by atoms with Crippen LogP contribution in [0.4, 0.5) is 5.69 Å². The monoisotopic (exact) mass is 317 g/mol. The summed E-state index contributed by atoms with van der Waals surface area (Å²) in [6.45, 7) is 8.80. The zero-order valence-corrected chi connectivity index (χ0v) is 14.4. The molecule has 0 atom stereocenters. The van der Waals surface area contributed by atoms with E-state index in [0.717, 1.165) is 16.4 Å². The highest BCUT2D eigenvalue weighted by Crippen LogP contribution is 2.33. The molecule has 1 saturated heterocycles. The van der Waals surface area contributed by atoms with E-state index < -0.39 is 0 Å². The number of amides is 1. The van der Waals surface area contributed by atoms with Crippen molar-refractivity contribution in [3.05, 3.63) is 29.8 Å². The molecule has 2 rings (SSSR count). The Labute approximate surface area is 136 Å². The molecule has 118 valence electrons. The second kappa shape index (κ2) is 7.58. The van der Waals surface area contributed by atoms with Gasteiger partial charge < -0.3 is 0 Å². The summed E-state index contributed by atoms with van der Waals surface area (Å²) in [5, 5.41) is 0.749. The van der Waals surface area contributed by atoms with Gasteiger partial charge in [-0.25, -0.2) is 4.99 Å². The van der Waals surface area contributed by atoms with E-state index in [0.29, 0.717) is 24.3 Å². The smallest absolute Gasteiger partial charge is 0.243 e. The van der Waals surface area contributed by atoms with E-state index in [4.69, 9.17) is 0 Å². The third kappa shape index (κ3) is 3.97. The van der Waals surface area contributed by atoms with Gasteiger partial charge in [-0.15, -0.1) is 0 Å². The van der Waals surface area contributed by atoms with Crippen LogP contribution in [-0.2, 0) is 4.79 Å². The number of benzene rings is 1. The van der Waals surface area contributed by atoms with Gasteiger partial charge in [-0.2, -0.15) is 0 Å². The molecule has 5 heteroatoms. The summed E-state index contributed by atoms with van der Waals surface area (Å²) in [4.78, 5) is 22.8. The molecule has 1 aromatic carbocycles. The highest BCUT2D eigenvalue weighted by molar-refractivity contribution is 8.15. The van der Waals surface area contributed by atoms with Crippen molar-refractivity contribution in [2.45, 2.75) is 33.6 Å². The SMILES string of the molecule is CC(C)/C=N/C/N=C1\SCC(=O)N1c1ccccc1C(C)C. The van der Waals surface area contributed by atoms with Crippen molar-refractivity contribution in [3.63, 3.8) is 0 Å². The third-order valence-corrected chi connectivity index (χ3v) is 4.22. The highest BCUT2D eigenvalue weighted by Gasteiger charge is 2.31. The van der Waals surface area contributed by atoms with Gasteiger partial charge in [0.25, 0.3) is 0 Å². The van der Waals surface area contributed by atoms with Crippen molar-refractivity contribution < 1.29 is 4.79 Å². The lowest BCUT2D eigenvalue weighted by Gasteiger charge is -2.21. The van der Waals surface area contributed by atoms with Gasteiger partial charge in [-0.05, 0) is 23.5 Å². The molecule has 1 aliphatic heterocycles. The zero-order chi connectivity index (χ0) is 16.1. The molecule has 1 amide bonds. The molecular formula is C17H23N3OS. The summed E-state index contributed by atoms with van der Waals surface area (Å²) >= 11 is 1.49. The van der Waals surface area contributed by atoms with Crippen LogP contribution in [0.15, 0.2) is 34.3 Å². The minimum atomic E-state index is 0.0877. The molecule has 1 aliphatic rings. The van der Waals surface area contributed by atoms with Gasteiger partial charge in [0.15, 0.2) is 5.17 Å². The van der Waals surface area contributed by atoms with Crippen LogP contribution in [0.25, 0.3) is 0 Å². The van der Waals surface area contributed by atoms with Gasteiger partial charge in [-0.3, -0.25) is 14.7 Å². The molecule has 0 aromatic heterocycles. The highest BCUT2D eigenvalue weighted by atomic mass is 32.2. The molecule has 1 aromatic rings. The second-order valence-corrected chi connectivity index (χ2v) is 6.83. The van der Waals surface area contributed by atoms with Crippen LogP contribution in [0.3, 0.4) is 0 Å². The number of carbonyl (C=O) groups excluding carboxylic acids is 1. The largest absolute Gasteiger partial charge is 0.274 e. The molecular weight excluding hydrogens is 294 g/mol. The van der Waals surface area contributed by atoms with Crippen LogP contribution in [0.2, 0.25) is 0 Å². The minimum absolute atomic E-state index is 0.0877. The molecule has 0 unspecified atom stereocenters. The van der Waals surface area contributed by atoms with Crippen molar-refractivity contribution >= 4 is 34.7 Å². The van der Waals surface area contributed by atoms with Gasteiger partial charge in [0.1, 0.15) is 6.67 Å². The Hall–Kier alpha value is -1.62. The molecule has 1 heterocycles. The van der Waals surface area contributed by atoms with Crippen LogP contribution >= 0.6 is 11.8 Å². The topological polar surface area (TPSA) is 45.0 Å². The Kier molecular flexibility index (Phi) is 5.77. The fraction of sp³-hybridized carbons (Fsp3) is 0.471. The summed E-state index contributed by atoms with van der Waals surface area (Å²) in [7, 11) is 0. The van der Waals surface area contributed by atoms with Gasteiger partial charge in [-0.1, -0.05) is 57.7 Å². The van der Waals surface area contributed by atoms with Crippen LogP contribution in [-0.4, -0.2) is 29.7 Å². The van der Waals surface area contributed by atoms with Crippen molar-refractivity contribution in [1.29, 1.82) is 0 Å². The lowest BCUT2D eigenvalue weighted by Crippen LogP contribution is -2.30. The van der Waals surface area contributed by atoms with Crippen molar-refractivity contribution in [1.82, 2.24) is 0 Å². The number of aliphatic imine (C=N–C) groups is 2. The Morgan fingerprint density at radius 2 is 2.00 bits per heavy atom. The van der Waals surface area contributed by atoms with Crippen molar-refractivity contribution in [2.24, 2.45) is 15.9 Å². The normalized spacial score (nSPS) is 17.6. The Bertz CT molecular complexity index is 593. The summed E-state index contributed by atoms with van der Waals surface area (Å²) in [6.07, 6.45) is 1.89. The number of nitrogens with zero attached hydrogens (tertiary/aromatic N) is 3. The molecule has 0 radical (unpaired) electrons. The minimum Gasteiger partial charge on any atom is -0.274 e. The number of hydrogen-bond donors (Lipinski definition) is 0.